The molecular formula is C13H16N4. The number of hydrogen-bond donors (Lipinski definition) is 1. The van der Waals surface area contributed by atoms with Crippen molar-refractivity contribution >= 4 is 0 Å². The number of hydrogen-bond acceptors (Lipinski definition) is 4. The molecule has 0 aliphatic carbocycles. The monoisotopic (exact) mass is 228 g/mol. The number of nitrogens with zero attached hydrogens (tertiary/aromatic N) is 3. The van der Waals surface area contributed by atoms with Crippen molar-refractivity contribution in [1.29, 1.82) is 0 Å². The van der Waals surface area contributed by atoms with Gasteiger partial charge in [-0.3, -0.25) is 0 Å². The number of aromatic nitrogens is 3. The van der Waals surface area contributed by atoms with E-state index >= 15 is 0 Å². The lowest BCUT2D eigenvalue weighted by Crippen LogP contribution is -2.12. The van der Waals surface area contributed by atoms with Crippen molar-refractivity contribution in [3.05, 3.63) is 41.9 Å². The van der Waals surface area contributed by atoms with Gasteiger partial charge in [0.2, 0.25) is 0 Å². The predicted molar refractivity (Wildman–Crippen MR) is 67.4 cm³/mol. The van der Waals surface area contributed by atoms with Gasteiger partial charge in [0.1, 0.15) is 5.69 Å². The summed E-state index contributed by atoms with van der Waals surface area (Å²) in [5, 5.41) is 3.24. The van der Waals surface area contributed by atoms with Gasteiger partial charge in [-0.05, 0) is 25.6 Å². The molecule has 0 amide bonds. The van der Waals surface area contributed by atoms with Crippen LogP contribution in [0, 0.1) is 6.92 Å². The minimum atomic E-state index is 0.675. The fraction of sp³-hybridized carbons (Fsp3) is 0.308. The molecule has 2 aromatic rings. The first kappa shape index (κ1) is 11.7. The van der Waals surface area contributed by atoms with Gasteiger partial charge in [-0.1, -0.05) is 13.0 Å². The smallest absolute Gasteiger partial charge is 0.178 e. The SMILES string of the molecule is CCNCc1cnc(-c2cccc(C)n2)nc1. The van der Waals surface area contributed by atoms with Gasteiger partial charge in [0.05, 0.1) is 0 Å². The standard InChI is InChI=1S/C13H16N4/c1-3-14-7-11-8-15-13(16-9-11)12-6-4-5-10(2)17-12/h4-6,8-9,14H,3,7H2,1-2H3. The maximum absolute atomic E-state index is 4.39. The molecule has 2 rings (SSSR count). The minimum Gasteiger partial charge on any atom is -0.313 e. The van der Waals surface area contributed by atoms with Crippen molar-refractivity contribution in [3.8, 4) is 11.5 Å². The third kappa shape index (κ3) is 3.07. The van der Waals surface area contributed by atoms with Crippen molar-refractivity contribution in [1.82, 2.24) is 20.3 Å². The van der Waals surface area contributed by atoms with Gasteiger partial charge in [0.25, 0.3) is 0 Å². The average Bonchev–Trinajstić information content (AvgIpc) is 2.37. The van der Waals surface area contributed by atoms with E-state index in [4.69, 9.17) is 0 Å². The van der Waals surface area contributed by atoms with Crippen LogP contribution >= 0.6 is 0 Å². The lowest BCUT2D eigenvalue weighted by molar-refractivity contribution is 0.721. The normalized spacial score (nSPS) is 10.5. The van der Waals surface area contributed by atoms with Gasteiger partial charge in [-0.25, -0.2) is 15.0 Å². The van der Waals surface area contributed by atoms with Crippen LogP contribution in [0.15, 0.2) is 30.6 Å². The number of nitrogens with one attached hydrogen (secondary N) is 1. The van der Waals surface area contributed by atoms with E-state index in [0.29, 0.717) is 5.82 Å². The highest BCUT2D eigenvalue weighted by Gasteiger charge is 2.02. The Balaban J connectivity index is 2.17. The molecule has 1 N–H and O–H groups in total. The Morgan fingerprint density at radius 2 is 1.94 bits per heavy atom. The number of pyridine rings is 1. The first-order valence-corrected chi connectivity index (χ1v) is 5.75. The molecule has 2 aromatic heterocycles. The molecule has 0 aromatic carbocycles. The van der Waals surface area contributed by atoms with E-state index in [1.807, 2.05) is 37.5 Å². The zero-order valence-electron chi connectivity index (χ0n) is 10.1. The molecule has 0 aliphatic rings. The molecule has 4 nitrogen and oxygen atoms in total. The molecule has 0 atom stereocenters. The maximum atomic E-state index is 4.39. The highest BCUT2D eigenvalue weighted by Crippen LogP contribution is 2.11. The Hall–Kier alpha value is -1.81. The Kier molecular flexibility index (Phi) is 3.77. The molecule has 0 fully saturated rings. The highest BCUT2D eigenvalue weighted by molar-refractivity contribution is 5.48. The van der Waals surface area contributed by atoms with Gasteiger partial charge >= 0.3 is 0 Å². The van der Waals surface area contributed by atoms with E-state index in [9.17, 15) is 0 Å². The topological polar surface area (TPSA) is 50.7 Å². The van der Waals surface area contributed by atoms with Crippen LogP contribution in [0.4, 0.5) is 0 Å². The van der Waals surface area contributed by atoms with Gasteiger partial charge in [0, 0.05) is 30.2 Å². The zero-order valence-corrected chi connectivity index (χ0v) is 10.1. The van der Waals surface area contributed by atoms with E-state index in [2.05, 4.69) is 27.2 Å². The molecule has 88 valence electrons. The first-order valence-electron chi connectivity index (χ1n) is 5.75. The van der Waals surface area contributed by atoms with Gasteiger partial charge in [0.15, 0.2) is 5.82 Å². The summed E-state index contributed by atoms with van der Waals surface area (Å²) in [5.74, 6) is 0.675. The second-order valence-electron chi connectivity index (χ2n) is 3.86. The van der Waals surface area contributed by atoms with E-state index in [-0.39, 0.29) is 0 Å². The zero-order chi connectivity index (χ0) is 12.1. The lowest BCUT2D eigenvalue weighted by atomic mass is 10.3. The average molecular weight is 228 g/mol. The fourth-order valence-corrected chi connectivity index (χ4v) is 1.52. The van der Waals surface area contributed by atoms with Crippen molar-refractivity contribution in [3.63, 3.8) is 0 Å². The molecule has 2 heterocycles. The second-order valence-corrected chi connectivity index (χ2v) is 3.86. The van der Waals surface area contributed by atoms with Crippen LogP contribution in [0.2, 0.25) is 0 Å². The van der Waals surface area contributed by atoms with Crippen LogP contribution in [-0.4, -0.2) is 21.5 Å². The van der Waals surface area contributed by atoms with Crippen LogP contribution in [0.5, 0.6) is 0 Å². The van der Waals surface area contributed by atoms with Crippen LogP contribution < -0.4 is 5.32 Å². The predicted octanol–water partition coefficient (Wildman–Crippen LogP) is 1.96. The molecule has 0 bridgehead atoms. The van der Waals surface area contributed by atoms with E-state index in [1.165, 1.54) is 0 Å². The summed E-state index contributed by atoms with van der Waals surface area (Å²) in [6.45, 7) is 5.79. The van der Waals surface area contributed by atoms with E-state index in [0.717, 1.165) is 30.0 Å². The Bertz CT molecular complexity index is 479. The van der Waals surface area contributed by atoms with Crippen LogP contribution in [0.25, 0.3) is 11.5 Å². The largest absolute Gasteiger partial charge is 0.313 e. The quantitative estimate of drug-likeness (QED) is 0.869. The molecule has 17 heavy (non-hydrogen) atoms. The summed E-state index contributed by atoms with van der Waals surface area (Å²) in [4.78, 5) is 13.1. The molecular weight excluding hydrogens is 212 g/mol. The summed E-state index contributed by atoms with van der Waals surface area (Å²) in [7, 11) is 0. The number of aryl methyl sites for hydroxylation is 1. The molecule has 0 spiro atoms. The van der Waals surface area contributed by atoms with Crippen molar-refractivity contribution in [2.75, 3.05) is 6.54 Å². The second kappa shape index (κ2) is 5.50. The highest BCUT2D eigenvalue weighted by atomic mass is 14.9. The third-order valence-electron chi connectivity index (χ3n) is 2.40. The van der Waals surface area contributed by atoms with E-state index in [1.54, 1.807) is 0 Å². The lowest BCUT2D eigenvalue weighted by Gasteiger charge is -2.03. The van der Waals surface area contributed by atoms with Gasteiger partial charge in [-0.15, -0.1) is 0 Å². The summed E-state index contributed by atoms with van der Waals surface area (Å²) in [6, 6.07) is 5.85. The summed E-state index contributed by atoms with van der Waals surface area (Å²) < 4.78 is 0. The van der Waals surface area contributed by atoms with Crippen molar-refractivity contribution < 1.29 is 0 Å². The summed E-state index contributed by atoms with van der Waals surface area (Å²) in [5.41, 5.74) is 2.88. The van der Waals surface area contributed by atoms with Crippen LogP contribution in [0.3, 0.4) is 0 Å². The minimum absolute atomic E-state index is 0.675. The van der Waals surface area contributed by atoms with Gasteiger partial charge < -0.3 is 5.32 Å². The Morgan fingerprint density at radius 1 is 1.18 bits per heavy atom. The first-order chi connectivity index (χ1) is 8.29. The summed E-state index contributed by atoms with van der Waals surface area (Å²) in [6.07, 6.45) is 3.68. The molecule has 0 radical (unpaired) electrons. The Labute approximate surface area is 101 Å². The van der Waals surface area contributed by atoms with Gasteiger partial charge in [-0.2, -0.15) is 0 Å². The fourth-order valence-electron chi connectivity index (χ4n) is 1.52. The van der Waals surface area contributed by atoms with Crippen LogP contribution in [0.1, 0.15) is 18.2 Å². The van der Waals surface area contributed by atoms with E-state index < -0.39 is 0 Å². The third-order valence-corrected chi connectivity index (χ3v) is 2.40. The van der Waals surface area contributed by atoms with Crippen molar-refractivity contribution in [2.24, 2.45) is 0 Å². The molecule has 0 unspecified atom stereocenters. The number of rotatable bonds is 4. The molecule has 4 heteroatoms. The molecule has 0 saturated carbocycles. The van der Waals surface area contributed by atoms with Crippen molar-refractivity contribution in [2.45, 2.75) is 20.4 Å². The summed E-state index contributed by atoms with van der Waals surface area (Å²) >= 11 is 0. The molecule has 0 aliphatic heterocycles. The Morgan fingerprint density at radius 3 is 2.59 bits per heavy atom. The maximum Gasteiger partial charge on any atom is 0.178 e. The molecule has 0 saturated heterocycles. The van der Waals surface area contributed by atoms with Crippen LogP contribution in [-0.2, 0) is 6.54 Å².